The number of likely N-dealkylation sites (N-methyl/N-ethyl adjacent to an activating group) is 1. The standard InChI is InChI=1S/C33H34N4O6/c1-6-36(28-14-10-26(11-15-28)34-35-27-12-16-29(17-13-27)37(40)41)31(38)21-42-30-18-9-24-19-23(7-8-25(24)20-30)22(2)32(39)43-33(3,4)5/h7-20,22H,6,21H2,1-5H3/t22-/m0/s1. The zero-order chi connectivity index (χ0) is 31.1. The fourth-order valence-corrected chi connectivity index (χ4v) is 4.31. The van der Waals surface area contributed by atoms with Crippen LogP contribution in [0.5, 0.6) is 5.75 Å². The Morgan fingerprint density at radius 3 is 2.05 bits per heavy atom. The van der Waals surface area contributed by atoms with Crippen LogP contribution in [-0.4, -0.2) is 35.6 Å². The van der Waals surface area contributed by atoms with Gasteiger partial charge in [-0.05, 0) is 99.5 Å². The van der Waals surface area contributed by atoms with Crippen LogP contribution in [0.25, 0.3) is 10.8 Å². The monoisotopic (exact) mass is 582 g/mol. The number of rotatable bonds is 10. The van der Waals surface area contributed by atoms with Crippen molar-refractivity contribution in [3.63, 3.8) is 0 Å². The first-order valence-electron chi connectivity index (χ1n) is 13.9. The normalized spacial score (nSPS) is 12.2. The molecule has 0 heterocycles. The summed E-state index contributed by atoms with van der Waals surface area (Å²) >= 11 is 0. The molecule has 0 aliphatic carbocycles. The number of esters is 1. The number of nitro groups is 1. The number of non-ortho nitro benzene ring substituents is 1. The molecular weight excluding hydrogens is 548 g/mol. The molecular formula is C33H34N4O6. The summed E-state index contributed by atoms with van der Waals surface area (Å²) in [5.74, 6) is -0.312. The first-order chi connectivity index (χ1) is 20.4. The molecule has 0 bridgehead atoms. The maximum Gasteiger partial charge on any atom is 0.313 e. The Balaban J connectivity index is 1.36. The molecule has 0 spiro atoms. The van der Waals surface area contributed by atoms with Crippen LogP contribution in [0.4, 0.5) is 22.7 Å². The highest BCUT2D eigenvalue weighted by Crippen LogP contribution is 2.28. The number of hydrogen-bond donors (Lipinski definition) is 0. The predicted octanol–water partition coefficient (Wildman–Crippen LogP) is 8.04. The van der Waals surface area contributed by atoms with Crippen LogP contribution in [0.3, 0.4) is 0 Å². The molecule has 0 N–H and O–H groups in total. The van der Waals surface area contributed by atoms with Crippen LogP contribution < -0.4 is 9.64 Å². The largest absolute Gasteiger partial charge is 0.484 e. The number of hydrogen-bond acceptors (Lipinski definition) is 8. The minimum absolute atomic E-state index is 0.0161. The molecule has 0 saturated carbocycles. The summed E-state index contributed by atoms with van der Waals surface area (Å²) < 4.78 is 11.4. The molecule has 43 heavy (non-hydrogen) atoms. The fourth-order valence-electron chi connectivity index (χ4n) is 4.31. The Labute approximate surface area is 250 Å². The lowest BCUT2D eigenvalue weighted by Gasteiger charge is -2.22. The number of benzene rings is 4. The first-order valence-corrected chi connectivity index (χ1v) is 13.9. The highest BCUT2D eigenvalue weighted by Gasteiger charge is 2.23. The molecule has 4 aromatic carbocycles. The van der Waals surface area contributed by atoms with Gasteiger partial charge in [-0.2, -0.15) is 10.2 Å². The van der Waals surface area contributed by atoms with E-state index in [0.717, 1.165) is 16.3 Å². The number of ether oxygens (including phenoxy) is 2. The molecule has 1 amide bonds. The van der Waals surface area contributed by atoms with E-state index in [1.165, 1.54) is 24.3 Å². The van der Waals surface area contributed by atoms with Crippen LogP contribution in [0, 0.1) is 10.1 Å². The Morgan fingerprint density at radius 1 is 0.884 bits per heavy atom. The van der Waals surface area contributed by atoms with Crippen molar-refractivity contribution in [2.24, 2.45) is 10.2 Å². The number of fused-ring (bicyclic) bond motifs is 1. The number of nitro benzene ring substituents is 1. The lowest BCUT2D eigenvalue weighted by molar-refractivity contribution is -0.384. The van der Waals surface area contributed by atoms with E-state index in [4.69, 9.17) is 9.47 Å². The van der Waals surface area contributed by atoms with Gasteiger partial charge in [0.15, 0.2) is 6.61 Å². The molecule has 0 radical (unpaired) electrons. The summed E-state index contributed by atoms with van der Waals surface area (Å²) in [5.41, 5.74) is 2.05. The number of nitrogens with zero attached hydrogens (tertiary/aromatic N) is 4. The molecule has 222 valence electrons. The highest BCUT2D eigenvalue weighted by molar-refractivity contribution is 5.94. The van der Waals surface area contributed by atoms with Gasteiger partial charge in [-0.1, -0.05) is 24.3 Å². The second-order valence-corrected chi connectivity index (χ2v) is 10.9. The van der Waals surface area contributed by atoms with Crippen LogP contribution in [0.15, 0.2) is 95.2 Å². The fraction of sp³-hybridized carbons (Fsp3) is 0.273. The minimum atomic E-state index is -0.548. The summed E-state index contributed by atoms with van der Waals surface area (Å²) in [5, 5.41) is 20.9. The van der Waals surface area contributed by atoms with Crippen molar-refractivity contribution in [1.82, 2.24) is 0 Å². The summed E-state index contributed by atoms with van der Waals surface area (Å²) in [7, 11) is 0. The number of azo groups is 1. The molecule has 0 aliphatic rings. The van der Waals surface area contributed by atoms with Crippen molar-refractivity contribution >= 4 is 45.4 Å². The van der Waals surface area contributed by atoms with Crippen molar-refractivity contribution in [2.75, 3.05) is 18.1 Å². The van der Waals surface area contributed by atoms with Gasteiger partial charge < -0.3 is 14.4 Å². The van der Waals surface area contributed by atoms with Crippen molar-refractivity contribution < 1.29 is 24.0 Å². The number of amides is 1. The van der Waals surface area contributed by atoms with Gasteiger partial charge in [-0.15, -0.1) is 0 Å². The Morgan fingerprint density at radius 2 is 1.47 bits per heavy atom. The topological polar surface area (TPSA) is 124 Å². The van der Waals surface area contributed by atoms with E-state index in [1.807, 2.05) is 65.0 Å². The second-order valence-electron chi connectivity index (χ2n) is 10.9. The molecule has 4 rings (SSSR count). The maximum atomic E-state index is 13.0. The molecule has 0 fully saturated rings. The van der Waals surface area contributed by atoms with Gasteiger partial charge in [-0.25, -0.2) is 0 Å². The molecule has 0 aliphatic heterocycles. The smallest absolute Gasteiger partial charge is 0.313 e. The van der Waals surface area contributed by atoms with Gasteiger partial charge in [0.05, 0.1) is 22.2 Å². The highest BCUT2D eigenvalue weighted by atomic mass is 16.6. The van der Waals surface area contributed by atoms with E-state index < -0.39 is 16.4 Å². The van der Waals surface area contributed by atoms with Crippen molar-refractivity contribution in [3.05, 3.63) is 101 Å². The third-order valence-electron chi connectivity index (χ3n) is 6.58. The van der Waals surface area contributed by atoms with E-state index in [9.17, 15) is 19.7 Å². The third kappa shape index (κ3) is 8.22. The van der Waals surface area contributed by atoms with E-state index in [1.54, 1.807) is 35.2 Å². The van der Waals surface area contributed by atoms with Gasteiger partial charge in [0, 0.05) is 24.4 Å². The summed E-state index contributed by atoms with van der Waals surface area (Å²) in [6, 6.07) is 24.2. The predicted molar refractivity (Wildman–Crippen MR) is 165 cm³/mol. The van der Waals surface area contributed by atoms with E-state index >= 15 is 0 Å². The van der Waals surface area contributed by atoms with E-state index in [-0.39, 0.29) is 24.2 Å². The third-order valence-corrected chi connectivity index (χ3v) is 6.58. The number of anilines is 1. The van der Waals surface area contributed by atoms with Crippen LogP contribution >= 0.6 is 0 Å². The zero-order valence-electron chi connectivity index (χ0n) is 24.8. The van der Waals surface area contributed by atoms with Gasteiger partial charge >= 0.3 is 5.97 Å². The average molecular weight is 583 g/mol. The SMILES string of the molecule is CCN(C(=O)COc1ccc2cc([C@H](C)C(=O)OC(C)(C)C)ccc2c1)c1ccc(N=Nc2ccc([N+](=O)[O-])cc2)cc1. The van der Waals surface area contributed by atoms with Crippen molar-refractivity contribution in [3.8, 4) is 5.75 Å². The van der Waals surface area contributed by atoms with E-state index in [0.29, 0.717) is 29.4 Å². The summed E-state index contributed by atoms with van der Waals surface area (Å²) in [6.07, 6.45) is 0. The summed E-state index contributed by atoms with van der Waals surface area (Å²) in [4.78, 5) is 37.5. The van der Waals surface area contributed by atoms with Gasteiger partial charge in [0.1, 0.15) is 11.4 Å². The van der Waals surface area contributed by atoms with Crippen LogP contribution in [-0.2, 0) is 14.3 Å². The molecule has 0 aromatic heterocycles. The lowest BCUT2D eigenvalue weighted by atomic mass is 9.97. The van der Waals surface area contributed by atoms with Crippen LogP contribution in [0.2, 0.25) is 0 Å². The van der Waals surface area contributed by atoms with Crippen LogP contribution in [0.1, 0.15) is 46.1 Å². The summed E-state index contributed by atoms with van der Waals surface area (Å²) in [6.45, 7) is 9.56. The zero-order valence-corrected chi connectivity index (χ0v) is 24.8. The first kappa shape index (κ1) is 30.8. The Kier molecular flexibility index (Phi) is 9.49. The number of carbonyl (C=O) groups excluding carboxylic acids is 2. The minimum Gasteiger partial charge on any atom is -0.484 e. The van der Waals surface area contributed by atoms with Crippen molar-refractivity contribution in [2.45, 2.75) is 46.1 Å². The van der Waals surface area contributed by atoms with Crippen molar-refractivity contribution in [1.29, 1.82) is 0 Å². The van der Waals surface area contributed by atoms with E-state index in [2.05, 4.69) is 10.2 Å². The van der Waals surface area contributed by atoms with Gasteiger partial charge in [-0.3, -0.25) is 19.7 Å². The maximum absolute atomic E-state index is 13.0. The molecule has 1 atom stereocenters. The van der Waals surface area contributed by atoms with Gasteiger partial charge in [0.2, 0.25) is 0 Å². The molecule has 10 heteroatoms. The molecule has 10 nitrogen and oxygen atoms in total. The second kappa shape index (κ2) is 13.2. The quantitative estimate of drug-likeness (QED) is 0.0807. The average Bonchev–Trinajstić information content (AvgIpc) is 2.98. The lowest BCUT2D eigenvalue weighted by Crippen LogP contribution is -2.34. The molecule has 0 unspecified atom stereocenters. The Bertz CT molecular complexity index is 1640. The molecule has 4 aromatic rings. The number of carbonyl (C=O) groups is 2. The Hall–Kier alpha value is -5.12. The molecule has 0 saturated heterocycles. The van der Waals surface area contributed by atoms with Gasteiger partial charge in [0.25, 0.3) is 11.6 Å².